The molecule has 2 bridgehead atoms. The Morgan fingerprint density at radius 2 is 1.82 bits per heavy atom. The van der Waals surface area contributed by atoms with Crippen molar-refractivity contribution < 1.29 is 24.0 Å². The number of carbonyl (C=O) groups excluding carboxylic acids is 1. The van der Waals surface area contributed by atoms with Crippen LogP contribution in [0.25, 0.3) is 11.3 Å². The van der Waals surface area contributed by atoms with Crippen LogP contribution in [-0.4, -0.2) is 45.4 Å². The molecule has 0 radical (unpaired) electrons. The molecule has 40 heavy (non-hydrogen) atoms. The highest BCUT2D eigenvalue weighted by Crippen LogP contribution is 2.46. The molecule has 3 heterocycles. The number of aromatic carboxylic acids is 1. The third kappa shape index (κ3) is 5.03. The molecular formula is C29H26Cl2N4O5. The maximum absolute atomic E-state index is 13.3. The molecule has 1 aromatic heterocycles. The van der Waals surface area contributed by atoms with Gasteiger partial charge in [0.15, 0.2) is 0 Å². The van der Waals surface area contributed by atoms with Gasteiger partial charge in [-0.15, -0.1) is 0 Å². The molecule has 0 spiro atoms. The number of hydrogen-bond acceptors (Lipinski definition) is 6. The summed E-state index contributed by atoms with van der Waals surface area (Å²) in [4.78, 5) is 26.3. The molecule has 3 aromatic rings. The first-order valence-electron chi connectivity index (χ1n) is 13.2. The van der Waals surface area contributed by atoms with Gasteiger partial charge in [0.1, 0.15) is 17.5 Å². The number of aromatic nitrogens is 1. The number of fused-ring (bicyclic) bond motifs is 2. The van der Waals surface area contributed by atoms with E-state index in [1.807, 2.05) is 11.0 Å². The lowest BCUT2D eigenvalue weighted by Gasteiger charge is -2.38. The minimum Gasteiger partial charge on any atom is -0.478 e. The molecule has 6 rings (SSSR count). The van der Waals surface area contributed by atoms with Crippen LogP contribution in [0.1, 0.15) is 71.7 Å². The Balaban J connectivity index is 1.15. The van der Waals surface area contributed by atoms with Crippen LogP contribution in [0.3, 0.4) is 0 Å². The summed E-state index contributed by atoms with van der Waals surface area (Å²) >= 11 is 13.0. The van der Waals surface area contributed by atoms with Crippen molar-refractivity contribution in [3.8, 4) is 17.3 Å². The van der Waals surface area contributed by atoms with Crippen molar-refractivity contribution in [2.75, 3.05) is 5.32 Å². The lowest BCUT2D eigenvalue weighted by Crippen LogP contribution is -2.50. The van der Waals surface area contributed by atoms with Gasteiger partial charge in [-0.25, -0.2) is 9.59 Å². The van der Waals surface area contributed by atoms with E-state index in [1.165, 1.54) is 18.2 Å². The van der Waals surface area contributed by atoms with Gasteiger partial charge in [-0.3, -0.25) is 0 Å². The number of piperidine rings is 1. The molecular weight excluding hydrogens is 555 g/mol. The van der Waals surface area contributed by atoms with E-state index in [-0.39, 0.29) is 35.3 Å². The molecule has 206 valence electrons. The van der Waals surface area contributed by atoms with Crippen molar-refractivity contribution in [2.45, 2.75) is 69.2 Å². The van der Waals surface area contributed by atoms with Crippen LogP contribution in [0.5, 0.6) is 0 Å². The molecule has 3 aliphatic rings. The number of carboxylic acid groups (broad SMARTS) is 1. The summed E-state index contributed by atoms with van der Waals surface area (Å²) in [5.74, 6) is 0.0192. The minimum absolute atomic E-state index is 0.00422. The van der Waals surface area contributed by atoms with Crippen molar-refractivity contribution in [1.29, 1.82) is 5.26 Å². The van der Waals surface area contributed by atoms with Crippen molar-refractivity contribution in [3.63, 3.8) is 0 Å². The molecule has 1 saturated carbocycles. The average molecular weight is 581 g/mol. The quantitative estimate of drug-likeness (QED) is 0.313. The van der Waals surface area contributed by atoms with Gasteiger partial charge in [0.2, 0.25) is 0 Å². The monoisotopic (exact) mass is 580 g/mol. The van der Waals surface area contributed by atoms with E-state index >= 15 is 0 Å². The van der Waals surface area contributed by atoms with Crippen molar-refractivity contribution >= 4 is 40.9 Å². The van der Waals surface area contributed by atoms with Crippen LogP contribution in [-0.2, 0) is 11.3 Å². The van der Waals surface area contributed by atoms with E-state index in [4.69, 9.17) is 32.5 Å². The van der Waals surface area contributed by atoms with Gasteiger partial charge in [-0.05, 0) is 68.9 Å². The summed E-state index contributed by atoms with van der Waals surface area (Å²) in [6.07, 6.45) is 5.12. The van der Waals surface area contributed by atoms with E-state index < -0.39 is 5.97 Å². The second-order valence-corrected chi connectivity index (χ2v) is 11.4. The van der Waals surface area contributed by atoms with Crippen molar-refractivity contribution in [2.24, 2.45) is 0 Å². The third-order valence-corrected chi connectivity index (χ3v) is 8.61. The Morgan fingerprint density at radius 1 is 1.12 bits per heavy atom. The predicted molar refractivity (Wildman–Crippen MR) is 148 cm³/mol. The van der Waals surface area contributed by atoms with E-state index in [1.54, 1.807) is 18.2 Å². The number of carboxylic acids is 1. The first kappa shape index (κ1) is 26.6. The second-order valence-electron chi connectivity index (χ2n) is 10.5. The van der Waals surface area contributed by atoms with Gasteiger partial charge in [-0.1, -0.05) is 34.4 Å². The van der Waals surface area contributed by atoms with Crippen molar-refractivity contribution in [3.05, 3.63) is 68.9 Å². The van der Waals surface area contributed by atoms with E-state index in [0.717, 1.165) is 37.0 Å². The highest BCUT2D eigenvalue weighted by atomic mass is 35.5. The summed E-state index contributed by atoms with van der Waals surface area (Å²) in [7, 11) is 0. The molecule has 2 amide bonds. The van der Waals surface area contributed by atoms with Gasteiger partial charge in [-0.2, -0.15) is 5.26 Å². The van der Waals surface area contributed by atoms with E-state index in [9.17, 15) is 20.0 Å². The predicted octanol–water partition coefficient (Wildman–Crippen LogP) is 6.84. The summed E-state index contributed by atoms with van der Waals surface area (Å²) in [5.41, 5.74) is 2.51. The molecule has 2 N–H and O–H groups in total. The molecule has 2 atom stereocenters. The van der Waals surface area contributed by atoms with Gasteiger partial charge >= 0.3 is 12.0 Å². The molecule has 3 fully saturated rings. The zero-order valence-electron chi connectivity index (χ0n) is 21.4. The molecule has 11 heteroatoms. The Labute approximate surface area is 240 Å². The molecule has 2 saturated heterocycles. The molecule has 2 aliphatic heterocycles. The summed E-state index contributed by atoms with van der Waals surface area (Å²) in [5, 5.41) is 26.8. The fourth-order valence-electron chi connectivity index (χ4n) is 5.90. The number of urea groups is 1. The Morgan fingerprint density at radius 3 is 2.45 bits per heavy atom. The number of amides is 2. The number of nitrogens with one attached hydrogen (secondary N) is 1. The third-order valence-electron chi connectivity index (χ3n) is 7.98. The minimum atomic E-state index is -1.13. The van der Waals surface area contributed by atoms with Crippen LogP contribution in [0, 0.1) is 11.3 Å². The number of ether oxygens (including phenoxy) is 1. The Kier molecular flexibility index (Phi) is 7.17. The number of nitrogens with zero attached hydrogens (tertiary/aromatic N) is 3. The number of halogens is 2. The summed E-state index contributed by atoms with van der Waals surface area (Å²) < 4.78 is 12.2. The first-order valence-corrected chi connectivity index (χ1v) is 14.0. The highest BCUT2D eigenvalue weighted by Gasteiger charge is 2.44. The largest absolute Gasteiger partial charge is 0.478 e. The van der Waals surface area contributed by atoms with Gasteiger partial charge in [0.05, 0.1) is 39.6 Å². The molecule has 2 aromatic carbocycles. The highest BCUT2D eigenvalue weighted by molar-refractivity contribution is 6.39. The first-order chi connectivity index (χ1) is 19.3. The number of benzene rings is 2. The summed E-state index contributed by atoms with van der Waals surface area (Å²) in [6, 6.07) is 11.1. The van der Waals surface area contributed by atoms with Crippen LogP contribution >= 0.6 is 23.2 Å². The lowest BCUT2D eigenvalue weighted by molar-refractivity contribution is -0.0158. The van der Waals surface area contributed by atoms with Crippen molar-refractivity contribution in [1.82, 2.24) is 10.1 Å². The maximum Gasteiger partial charge on any atom is 0.335 e. The van der Waals surface area contributed by atoms with Crippen LogP contribution < -0.4 is 5.32 Å². The van der Waals surface area contributed by atoms with Gasteiger partial charge in [0.25, 0.3) is 0 Å². The SMILES string of the molecule is N#Cc1cc(C(=O)O)ccc1NC(=O)N1C2CCC1CC(OCc1c(-c3c(Cl)cccc3Cl)noc1C1CC1)C2. The number of carbonyl (C=O) groups is 2. The van der Waals surface area contributed by atoms with Crippen LogP contribution in [0.4, 0.5) is 10.5 Å². The number of rotatable bonds is 7. The molecule has 2 unspecified atom stereocenters. The van der Waals surface area contributed by atoms with E-state index in [0.29, 0.717) is 52.4 Å². The number of hydrogen-bond donors (Lipinski definition) is 2. The number of anilines is 1. The lowest BCUT2D eigenvalue weighted by atomic mass is 9.99. The second kappa shape index (κ2) is 10.8. The Bertz CT molecular complexity index is 1490. The normalized spacial score (nSPS) is 21.7. The molecule has 9 nitrogen and oxygen atoms in total. The zero-order chi connectivity index (χ0) is 28.0. The van der Waals surface area contributed by atoms with Gasteiger partial charge in [0, 0.05) is 29.1 Å². The fraction of sp³-hybridized carbons (Fsp3) is 0.379. The fourth-order valence-corrected chi connectivity index (χ4v) is 6.48. The van der Waals surface area contributed by atoms with E-state index in [2.05, 4.69) is 10.5 Å². The Hall–Kier alpha value is -3.58. The van der Waals surface area contributed by atoms with Crippen LogP contribution in [0.15, 0.2) is 40.9 Å². The average Bonchev–Trinajstić information content (AvgIpc) is 3.64. The van der Waals surface area contributed by atoms with Crippen LogP contribution in [0.2, 0.25) is 10.0 Å². The zero-order valence-corrected chi connectivity index (χ0v) is 22.9. The molecule has 1 aliphatic carbocycles. The summed E-state index contributed by atoms with van der Waals surface area (Å²) in [6.45, 7) is 0.310. The number of nitriles is 1. The smallest absolute Gasteiger partial charge is 0.335 e. The maximum atomic E-state index is 13.3. The standard InChI is InChI=1S/C29H26Cl2N4O5/c30-22-2-1-3-23(31)25(22)26-21(27(40-34-26)15-4-5-15)14-39-20-11-18-7-8-19(12-20)35(18)29(38)33-24-9-6-16(28(36)37)10-17(24)13-32/h1-3,6,9-10,15,18-20H,4-5,7-8,11-12,14H2,(H,33,38)(H,36,37). The van der Waals surface area contributed by atoms with Gasteiger partial charge < -0.3 is 24.6 Å². The topological polar surface area (TPSA) is 129 Å².